The van der Waals surface area contributed by atoms with Gasteiger partial charge in [0.05, 0.1) is 12.7 Å². The van der Waals surface area contributed by atoms with Crippen molar-refractivity contribution in [2.45, 2.75) is 70.9 Å². The van der Waals surface area contributed by atoms with E-state index in [-0.39, 0.29) is 17.2 Å². The maximum Gasteiger partial charge on any atom is 0.223 e. The van der Waals surface area contributed by atoms with Crippen molar-refractivity contribution in [1.82, 2.24) is 5.32 Å². The molecule has 0 heterocycles. The van der Waals surface area contributed by atoms with Gasteiger partial charge in [0.1, 0.15) is 0 Å². The zero-order valence-electron chi connectivity index (χ0n) is 13.0. The van der Waals surface area contributed by atoms with E-state index in [1.165, 1.54) is 6.42 Å². The Morgan fingerprint density at radius 1 is 1.25 bits per heavy atom. The van der Waals surface area contributed by atoms with Crippen LogP contribution in [0.4, 0.5) is 0 Å². The molecule has 0 spiro atoms. The summed E-state index contributed by atoms with van der Waals surface area (Å²) in [5.41, 5.74) is 6.03. The van der Waals surface area contributed by atoms with Crippen LogP contribution in [0.2, 0.25) is 0 Å². The summed E-state index contributed by atoms with van der Waals surface area (Å²) in [4.78, 5) is 12.2. The molecule has 2 aliphatic carbocycles. The Hall–Kier alpha value is -0.610. The summed E-state index contributed by atoms with van der Waals surface area (Å²) in [6.45, 7) is 5.66. The van der Waals surface area contributed by atoms with Crippen LogP contribution < -0.4 is 11.1 Å². The summed E-state index contributed by atoms with van der Waals surface area (Å²) in [6, 6.07) is 0.360. The van der Waals surface area contributed by atoms with E-state index in [9.17, 15) is 4.79 Å². The predicted octanol–water partition coefficient (Wildman–Crippen LogP) is 2.22. The molecule has 1 atom stereocenters. The molecule has 0 radical (unpaired) electrons. The molecule has 2 fully saturated rings. The Morgan fingerprint density at radius 2 is 1.95 bits per heavy atom. The van der Waals surface area contributed by atoms with Gasteiger partial charge in [-0.05, 0) is 43.9 Å². The normalized spacial score (nSPS) is 33.0. The first kappa shape index (κ1) is 15.8. The SMILES string of the molecule is CC1(C)CCCC1C(=O)NCCOC1CCC(N)CC1. The van der Waals surface area contributed by atoms with Crippen LogP contribution in [0.15, 0.2) is 0 Å². The van der Waals surface area contributed by atoms with Crippen molar-refractivity contribution in [3.8, 4) is 0 Å². The van der Waals surface area contributed by atoms with Gasteiger partial charge in [0.25, 0.3) is 0 Å². The highest BCUT2D eigenvalue weighted by Crippen LogP contribution is 2.42. The molecule has 2 rings (SSSR count). The molecule has 1 amide bonds. The fourth-order valence-corrected chi connectivity index (χ4v) is 3.59. The highest BCUT2D eigenvalue weighted by Gasteiger charge is 2.38. The molecular formula is C16H30N2O2. The number of carbonyl (C=O) groups excluding carboxylic acids is 1. The van der Waals surface area contributed by atoms with E-state index in [2.05, 4.69) is 19.2 Å². The Labute approximate surface area is 122 Å². The molecule has 2 saturated carbocycles. The van der Waals surface area contributed by atoms with E-state index in [0.29, 0.717) is 25.3 Å². The van der Waals surface area contributed by atoms with E-state index >= 15 is 0 Å². The molecule has 0 aromatic carbocycles. The number of nitrogens with one attached hydrogen (secondary N) is 1. The van der Waals surface area contributed by atoms with E-state index < -0.39 is 0 Å². The van der Waals surface area contributed by atoms with Crippen LogP contribution in [-0.4, -0.2) is 31.2 Å². The van der Waals surface area contributed by atoms with Crippen LogP contribution in [0.1, 0.15) is 58.8 Å². The number of hydrogen-bond donors (Lipinski definition) is 2. The average Bonchev–Trinajstić information content (AvgIpc) is 2.76. The molecule has 20 heavy (non-hydrogen) atoms. The van der Waals surface area contributed by atoms with Crippen LogP contribution in [0, 0.1) is 11.3 Å². The largest absolute Gasteiger partial charge is 0.376 e. The molecule has 1 unspecified atom stereocenters. The highest BCUT2D eigenvalue weighted by molar-refractivity contribution is 5.79. The van der Waals surface area contributed by atoms with Gasteiger partial charge in [0.15, 0.2) is 0 Å². The fourth-order valence-electron chi connectivity index (χ4n) is 3.59. The van der Waals surface area contributed by atoms with Gasteiger partial charge in [-0.25, -0.2) is 0 Å². The van der Waals surface area contributed by atoms with Crippen molar-refractivity contribution in [1.29, 1.82) is 0 Å². The maximum atomic E-state index is 12.2. The minimum absolute atomic E-state index is 0.157. The van der Waals surface area contributed by atoms with Gasteiger partial charge in [-0.1, -0.05) is 20.3 Å². The summed E-state index contributed by atoms with van der Waals surface area (Å²) < 4.78 is 5.83. The molecule has 3 N–H and O–H groups in total. The second kappa shape index (κ2) is 6.90. The van der Waals surface area contributed by atoms with Gasteiger partial charge in [-0.3, -0.25) is 4.79 Å². The van der Waals surface area contributed by atoms with Crippen LogP contribution in [-0.2, 0) is 9.53 Å². The minimum atomic E-state index is 0.157. The fraction of sp³-hybridized carbons (Fsp3) is 0.938. The highest BCUT2D eigenvalue weighted by atomic mass is 16.5. The molecule has 0 saturated heterocycles. The Bertz CT molecular complexity index is 322. The third-order valence-corrected chi connectivity index (χ3v) is 5.05. The first-order valence-corrected chi connectivity index (χ1v) is 8.14. The third kappa shape index (κ3) is 4.19. The number of rotatable bonds is 5. The van der Waals surface area contributed by atoms with Crippen molar-refractivity contribution in [3.05, 3.63) is 0 Å². The summed E-state index contributed by atoms with van der Waals surface area (Å²) in [6.07, 6.45) is 7.94. The van der Waals surface area contributed by atoms with Gasteiger partial charge in [-0.2, -0.15) is 0 Å². The van der Waals surface area contributed by atoms with Gasteiger partial charge < -0.3 is 15.8 Å². The lowest BCUT2D eigenvalue weighted by Gasteiger charge is -2.27. The number of amides is 1. The summed E-state index contributed by atoms with van der Waals surface area (Å²) in [5.74, 6) is 0.386. The molecule has 2 aliphatic rings. The third-order valence-electron chi connectivity index (χ3n) is 5.05. The molecule has 116 valence electrons. The zero-order chi connectivity index (χ0) is 14.6. The van der Waals surface area contributed by atoms with E-state index in [1.807, 2.05) is 0 Å². The van der Waals surface area contributed by atoms with Crippen molar-refractivity contribution in [3.63, 3.8) is 0 Å². The summed E-state index contributed by atoms with van der Waals surface area (Å²) in [5, 5.41) is 3.04. The molecule has 0 aromatic rings. The Kier molecular flexibility index (Phi) is 5.44. The van der Waals surface area contributed by atoms with Crippen LogP contribution in [0.3, 0.4) is 0 Å². The van der Waals surface area contributed by atoms with Crippen LogP contribution in [0.5, 0.6) is 0 Å². The molecule has 0 aromatic heterocycles. The quantitative estimate of drug-likeness (QED) is 0.760. The summed E-state index contributed by atoms with van der Waals surface area (Å²) >= 11 is 0. The van der Waals surface area contributed by atoms with E-state index in [1.54, 1.807) is 0 Å². The van der Waals surface area contributed by atoms with E-state index in [0.717, 1.165) is 38.5 Å². The van der Waals surface area contributed by atoms with Gasteiger partial charge in [0, 0.05) is 18.5 Å². The van der Waals surface area contributed by atoms with Crippen molar-refractivity contribution in [2.24, 2.45) is 17.1 Å². The summed E-state index contributed by atoms with van der Waals surface area (Å²) in [7, 11) is 0. The lowest BCUT2D eigenvalue weighted by atomic mass is 9.81. The number of ether oxygens (including phenoxy) is 1. The minimum Gasteiger partial charge on any atom is -0.376 e. The molecule has 0 aliphatic heterocycles. The molecular weight excluding hydrogens is 252 g/mol. The lowest BCUT2D eigenvalue weighted by molar-refractivity contribution is -0.128. The molecule has 4 nitrogen and oxygen atoms in total. The maximum absolute atomic E-state index is 12.2. The Balaban J connectivity index is 1.60. The number of carbonyl (C=O) groups is 1. The van der Waals surface area contributed by atoms with Crippen LogP contribution in [0.25, 0.3) is 0 Å². The number of hydrogen-bond acceptors (Lipinski definition) is 3. The first-order chi connectivity index (χ1) is 9.49. The predicted molar refractivity (Wildman–Crippen MR) is 80.3 cm³/mol. The standard InChI is InChI=1S/C16H30N2O2/c1-16(2)9-3-4-14(16)15(19)18-10-11-20-13-7-5-12(17)6-8-13/h12-14H,3-11,17H2,1-2H3,(H,18,19). The van der Waals surface area contributed by atoms with Crippen LogP contribution >= 0.6 is 0 Å². The number of nitrogens with two attached hydrogens (primary N) is 1. The van der Waals surface area contributed by atoms with Gasteiger partial charge in [-0.15, -0.1) is 0 Å². The van der Waals surface area contributed by atoms with Gasteiger partial charge in [0.2, 0.25) is 5.91 Å². The Morgan fingerprint density at radius 3 is 2.55 bits per heavy atom. The van der Waals surface area contributed by atoms with Gasteiger partial charge >= 0.3 is 0 Å². The topological polar surface area (TPSA) is 64.3 Å². The lowest BCUT2D eigenvalue weighted by Crippen LogP contribution is -2.38. The zero-order valence-corrected chi connectivity index (χ0v) is 13.0. The molecule has 4 heteroatoms. The first-order valence-electron chi connectivity index (χ1n) is 8.14. The van der Waals surface area contributed by atoms with Crippen molar-refractivity contribution in [2.75, 3.05) is 13.2 Å². The monoisotopic (exact) mass is 282 g/mol. The van der Waals surface area contributed by atoms with Crippen molar-refractivity contribution >= 4 is 5.91 Å². The smallest absolute Gasteiger partial charge is 0.223 e. The van der Waals surface area contributed by atoms with E-state index in [4.69, 9.17) is 10.5 Å². The second-order valence-electron chi connectivity index (χ2n) is 7.13. The molecule has 0 bridgehead atoms. The van der Waals surface area contributed by atoms with Crippen molar-refractivity contribution < 1.29 is 9.53 Å². The average molecular weight is 282 g/mol. The second-order valence-corrected chi connectivity index (χ2v) is 7.13.